The lowest BCUT2D eigenvalue weighted by Crippen LogP contribution is -2.27. The van der Waals surface area contributed by atoms with Gasteiger partial charge in [0.15, 0.2) is 5.82 Å². The predicted octanol–water partition coefficient (Wildman–Crippen LogP) is 3.25. The molecule has 3 rings (SSSR count). The third-order valence-electron chi connectivity index (χ3n) is 4.12. The second-order valence-electron chi connectivity index (χ2n) is 5.91. The molecule has 6 heteroatoms. The van der Waals surface area contributed by atoms with Crippen LogP contribution in [-0.2, 0) is 9.47 Å². The summed E-state index contributed by atoms with van der Waals surface area (Å²) >= 11 is 0. The molecule has 24 heavy (non-hydrogen) atoms. The fourth-order valence-corrected chi connectivity index (χ4v) is 2.84. The summed E-state index contributed by atoms with van der Waals surface area (Å²) in [5.41, 5.74) is 2.11. The van der Waals surface area contributed by atoms with Crippen molar-refractivity contribution in [3.8, 4) is 0 Å². The zero-order valence-corrected chi connectivity index (χ0v) is 13.9. The molecule has 1 saturated carbocycles. The number of aromatic nitrogens is 2. The molecule has 0 amide bonds. The van der Waals surface area contributed by atoms with Crippen molar-refractivity contribution >= 4 is 17.5 Å². The maximum Gasteiger partial charge on any atom is 0.338 e. The van der Waals surface area contributed by atoms with E-state index in [1.165, 1.54) is 0 Å². The minimum absolute atomic E-state index is 0.00177. The zero-order valence-electron chi connectivity index (χ0n) is 13.9. The average molecular weight is 327 g/mol. The van der Waals surface area contributed by atoms with Crippen molar-refractivity contribution in [3.05, 3.63) is 47.7 Å². The first kappa shape index (κ1) is 16.4. The van der Waals surface area contributed by atoms with Crippen LogP contribution >= 0.6 is 0 Å². The van der Waals surface area contributed by atoms with Gasteiger partial charge in [0.05, 0.1) is 17.4 Å². The van der Waals surface area contributed by atoms with Crippen LogP contribution < -0.4 is 5.32 Å². The Balaban J connectivity index is 1.68. The number of esters is 1. The van der Waals surface area contributed by atoms with Crippen LogP contribution in [0.2, 0.25) is 0 Å². The third-order valence-corrected chi connectivity index (χ3v) is 4.12. The summed E-state index contributed by atoms with van der Waals surface area (Å²) in [5.74, 6) is 0.295. The average Bonchev–Trinajstić information content (AvgIpc) is 3.04. The number of nitrogens with one attached hydrogen (secondary N) is 1. The fraction of sp³-hybridized carbons (Fsp3) is 0.389. The van der Waals surface area contributed by atoms with E-state index in [1.807, 2.05) is 31.2 Å². The summed E-state index contributed by atoms with van der Waals surface area (Å²) in [5, 5.41) is 11.2. The Morgan fingerprint density at radius 3 is 2.75 bits per heavy atom. The van der Waals surface area contributed by atoms with E-state index in [2.05, 4.69) is 15.5 Å². The molecule has 0 unspecified atom stereocenters. The molecule has 0 aliphatic heterocycles. The maximum atomic E-state index is 12.4. The molecule has 1 aliphatic carbocycles. The first-order chi connectivity index (χ1) is 11.7. The summed E-state index contributed by atoms with van der Waals surface area (Å²) in [6, 6.07) is 10.9. The SMILES string of the molecule is CO[C@@H]1CCC[C@@H]1OC(=O)c1cccc(Nc2ccc(C)nn2)c1. The van der Waals surface area contributed by atoms with Gasteiger partial charge in [0.25, 0.3) is 0 Å². The van der Waals surface area contributed by atoms with E-state index in [4.69, 9.17) is 9.47 Å². The van der Waals surface area contributed by atoms with Gasteiger partial charge in [0.2, 0.25) is 0 Å². The minimum atomic E-state index is -0.331. The highest BCUT2D eigenvalue weighted by atomic mass is 16.6. The minimum Gasteiger partial charge on any atom is -0.456 e. The van der Waals surface area contributed by atoms with E-state index in [1.54, 1.807) is 19.2 Å². The summed E-state index contributed by atoms with van der Waals surface area (Å²) in [6.45, 7) is 1.88. The molecular formula is C18H21N3O3. The zero-order chi connectivity index (χ0) is 16.9. The summed E-state index contributed by atoms with van der Waals surface area (Å²) in [6.07, 6.45) is 2.63. The molecule has 126 valence electrons. The number of rotatable bonds is 5. The van der Waals surface area contributed by atoms with Gasteiger partial charge in [-0.1, -0.05) is 6.07 Å². The quantitative estimate of drug-likeness (QED) is 0.850. The number of hydrogen-bond acceptors (Lipinski definition) is 6. The van der Waals surface area contributed by atoms with Crippen molar-refractivity contribution in [1.82, 2.24) is 10.2 Å². The molecule has 1 N–H and O–H groups in total. The van der Waals surface area contributed by atoms with Crippen LogP contribution in [0.3, 0.4) is 0 Å². The summed E-state index contributed by atoms with van der Waals surface area (Å²) < 4.78 is 11.0. The standard InChI is InChI=1S/C18H21N3O3/c1-12-9-10-17(21-20-12)19-14-6-3-5-13(11-14)18(22)24-16-8-4-7-15(16)23-2/h3,5-6,9-11,15-16H,4,7-8H2,1-2H3,(H,19,21)/t15-,16+/m1/s1. The number of ether oxygens (including phenoxy) is 2. The molecule has 1 aromatic carbocycles. The Labute approximate surface area is 141 Å². The van der Waals surface area contributed by atoms with Crippen LogP contribution in [0.25, 0.3) is 0 Å². The Hall–Kier alpha value is -2.47. The molecule has 1 heterocycles. The fourth-order valence-electron chi connectivity index (χ4n) is 2.84. The van der Waals surface area contributed by atoms with Crippen molar-refractivity contribution in [2.75, 3.05) is 12.4 Å². The van der Waals surface area contributed by atoms with E-state index in [9.17, 15) is 4.79 Å². The smallest absolute Gasteiger partial charge is 0.338 e. The lowest BCUT2D eigenvalue weighted by molar-refractivity contribution is -0.0206. The summed E-state index contributed by atoms with van der Waals surface area (Å²) in [7, 11) is 1.66. The van der Waals surface area contributed by atoms with Gasteiger partial charge in [0.1, 0.15) is 6.10 Å². The maximum absolute atomic E-state index is 12.4. The number of carbonyl (C=O) groups excluding carboxylic acids is 1. The van der Waals surface area contributed by atoms with E-state index in [0.29, 0.717) is 11.4 Å². The van der Waals surface area contributed by atoms with Gasteiger partial charge in [-0.3, -0.25) is 0 Å². The van der Waals surface area contributed by atoms with Gasteiger partial charge in [-0.25, -0.2) is 4.79 Å². The Morgan fingerprint density at radius 2 is 2.00 bits per heavy atom. The Morgan fingerprint density at radius 1 is 1.17 bits per heavy atom. The Kier molecular flexibility index (Phi) is 5.05. The largest absolute Gasteiger partial charge is 0.456 e. The van der Waals surface area contributed by atoms with Gasteiger partial charge in [-0.05, 0) is 56.5 Å². The van der Waals surface area contributed by atoms with Gasteiger partial charge in [-0.2, -0.15) is 5.10 Å². The van der Waals surface area contributed by atoms with Crippen LogP contribution in [0.1, 0.15) is 35.3 Å². The van der Waals surface area contributed by atoms with Gasteiger partial charge in [0, 0.05) is 12.8 Å². The number of carbonyl (C=O) groups is 1. The molecule has 2 atom stereocenters. The first-order valence-electron chi connectivity index (χ1n) is 8.07. The Bertz CT molecular complexity index is 703. The topological polar surface area (TPSA) is 73.3 Å². The lowest BCUT2D eigenvalue weighted by atomic mass is 10.2. The summed E-state index contributed by atoms with van der Waals surface area (Å²) in [4.78, 5) is 12.4. The van der Waals surface area contributed by atoms with Gasteiger partial charge >= 0.3 is 5.97 Å². The van der Waals surface area contributed by atoms with Crippen LogP contribution in [0.15, 0.2) is 36.4 Å². The molecule has 2 aromatic rings. The number of anilines is 2. The van der Waals surface area contributed by atoms with Gasteiger partial charge < -0.3 is 14.8 Å². The molecule has 0 saturated heterocycles. The van der Waals surface area contributed by atoms with Gasteiger partial charge in [-0.15, -0.1) is 5.10 Å². The first-order valence-corrected chi connectivity index (χ1v) is 8.07. The number of hydrogen-bond donors (Lipinski definition) is 1. The second-order valence-corrected chi connectivity index (χ2v) is 5.91. The molecule has 0 spiro atoms. The lowest BCUT2D eigenvalue weighted by Gasteiger charge is -2.18. The third kappa shape index (κ3) is 3.89. The van der Waals surface area contributed by atoms with E-state index in [0.717, 1.165) is 30.6 Å². The highest BCUT2D eigenvalue weighted by molar-refractivity contribution is 5.90. The van der Waals surface area contributed by atoms with Crippen LogP contribution in [0.5, 0.6) is 0 Å². The highest BCUT2D eigenvalue weighted by Gasteiger charge is 2.30. The van der Waals surface area contributed by atoms with E-state index in [-0.39, 0.29) is 18.2 Å². The normalized spacial score (nSPS) is 19.9. The number of methoxy groups -OCH3 is 1. The molecular weight excluding hydrogens is 306 g/mol. The molecule has 1 aliphatic rings. The van der Waals surface area contributed by atoms with Crippen LogP contribution in [-0.4, -0.2) is 35.5 Å². The number of nitrogens with zero attached hydrogens (tertiary/aromatic N) is 2. The predicted molar refractivity (Wildman–Crippen MR) is 90.3 cm³/mol. The van der Waals surface area contributed by atoms with Crippen molar-refractivity contribution in [2.45, 2.75) is 38.4 Å². The van der Waals surface area contributed by atoms with Crippen LogP contribution in [0.4, 0.5) is 11.5 Å². The van der Waals surface area contributed by atoms with Crippen molar-refractivity contribution in [2.24, 2.45) is 0 Å². The van der Waals surface area contributed by atoms with Crippen LogP contribution in [0, 0.1) is 6.92 Å². The highest BCUT2D eigenvalue weighted by Crippen LogP contribution is 2.26. The number of benzene rings is 1. The second kappa shape index (κ2) is 7.40. The molecule has 0 bridgehead atoms. The van der Waals surface area contributed by atoms with Crippen molar-refractivity contribution < 1.29 is 14.3 Å². The molecule has 1 aromatic heterocycles. The monoisotopic (exact) mass is 327 g/mol. The molecule has 0 radical (unpaired) electrons. The van der Waals surface area contributed by atoms with E-state index >= 15 is 0 Å². The number of aryl methyl sites for hydroxylation is 1. The molecule has 1 fully saturated rings. The van der Waals surface area contributed by atoms with Crippen molar-refractivity contribution in [1.29, 1.82) is 0 Å². The van der Waals surface area contributed by atoms with E-state index < -0.39 is 0 Å². The molecule has 6 nitrogen and oxygen atoms in total. The van der Waals surface area contributed by atoms with Crippen molar-refractivity contribution in [3.63, 3.8) is 0 Å².